The number of fused-ring (bicyclic) bond motifs is 1. The fraction of sp³-hybridized carbons (Fsp3) is 0.455. The summed E-state index contributed by atoms with van der Waals surface area (Å²) in [7, 11) is 1.84. The molecule has 29 heavy (non-hydrogen) atoms. The van der Waals surface area contributed by atoms with Crippen LogP contribution >= 0.6 is 0 Å². The van der Waals surface area contributed by atoms with Crippen LogP contribution in [0.3, 0.4) is 0 Å². The third-order valence-corrected chi connectivity index (χ3v) is 6.15. The van der Waals surface area contributed by atoms with E-state index in [1.807, 2.05) is 42.3 Å². The Hall–Kier alpha value is -2.96. The van der Waals surface area contributed by atoms with E-state index in [2.05, 4.69) is 20.4 Å². The average molecular weight is 391 g/mol. The van der Waals surface area contributed by atoms with E-state index in [-0.39, 0.29) is 11.8 Å². The Kier molecular flexibility index (Phi) is 4.66. The predicted molar refractivity (Wildman–Crippen MR) is 110 cm³/mol. The Bertz CT molecular complexity index is 1030. The molecule has 3 aromatic rings. The average Bonchev–Trinajstić information content (AvgIpc) is 3.22. The van der Waals surface area contributed by atoms with Gasteiger partial charge in [-0.1, -0.05) is 42.6 Å². The maximum Gasteiger partial charge on any atom is 0.233 e. The Morgan fingerprint density at radius 2 is 1.93 bits per heavy atom. The van der Waals surface area contributed by atoms with Crippen molar-refractivity contribution in [2.45, 2.75) is 38.0 Å². The highest BCUT2D eigenvalue weighted by atomic mass is 16.5. The van der Waals surface area contributed by atoms with Gasteiger partial charge in [-0.25, -0.2) is 4.98 Å². The number of nitrogens with zero attached hydrogens (tertiary/aromatic N) is 4. The Morgan fingerprint density at radius 1 is 1.14 bits per heavy atom. The van der Waals surface area contributed by atoms with Crippen molar-refractivity contribution in [3.05, 3.63) is 36.2 Å². The molecule has 1 amide bonds. The molecule has 0 atom stereocenters. The number of pyridine rings is 1. The molecule has 2 aliphatic rings. The van der Waals surface area contributed by atoms with E-state index in [1.165, 1.54) is 19.3 Å². The van der Waals surface area contributed by atoms with Gasteiger partial charge in [0.15, 0.2) is 0 Å². The summed E-state index contributed by atoms with van der Waals surface area (Å²) >= 11 is 0. The fourth-order valence-corrected chi connectivity index (χ4v) is 4.42. The van der Waals surface area contributed by atoms with Crippen molar-refractivity contribution in [3.8, 4) is 11.4 Å². The van der Waals surface area contributed by atoms with Crippen molar-refractivity contribution >= 4 is 22.6 Å². The minimum absolute atomic E-state index is 0.126. The Balaban J connectivity index is 1.33. The number of aromatic nitrogens is 3. The number of hydrogen-bond donors (Lipinski definition) is 1. The maximum absolute atomic E-state index is 12.6. The van der Waals surface area contributed by atoms with Crippen LogP contribution in [0, 0.1) is 5.92 Å². The number of rotatable bonds is 4. The number of hydrogen-bond acceptors (Lipinski definition) is 6. The third-order valence-electron chi connectivity index (χ3n) is 6.15. The molecule has 1 saturated heterocycles. The van der Waals surface area contributed by atoms with E-state index in [1.54, 1.807) is 0 Å². The minimum Gasteiger partial charge on any atom is -0.373 e. The van der Waals surface area contributed by atoms with Crippen molar-refractivity contribution in [2.75, 3.05) is 25.5 Å². The molecule has 1 saturated carbocycles. The van der Waals surface area contributed by atoms with Gasteiger partial charge in [-0.05, 0) is 25.0 Å². The van der Waals surface area contributed by atoms with Crippen molar-refractivity contribution in [1.82, 2.24) is 20.0 Å². The fourth-order valence-electron chi connectivity index (χ4n) is 4.42. The van der Waals surface area contributed by atoms with Gasteiger partial charge in [0.1, 0.15) is 5.82 Å². The largest absolute Gasteiger partial charge is 0.373 e. The first-order valence-electron chi connectivity index (χ1n) is 10.4. The van der Waals surface area contributed by atoms with Crippen LogP contribution in [0.2, 0.25) is 0 Å². The first-order valence-corrected chi connectivity index (χ1v) is 10.4. The van der Waals surface area contributed by atoms with Gasteiger partial charge < -0.3 is 14.7 Å². The molecule has 0 radical (unpaired) electrons. The van der Waals surface area contributed by atoms with Gasteiger partial charge in [0, 0.05) is 37.0 Å². The second kappa shape index (κ2) is 7.46. The third kappa shape index (κ3) is 3.34. The molecule has 0 unspecified atom stereocenters. The van der Waals surface area contributed by atoms with Gasteiger partial charge in [-0.2, -0.15) is 4.98 Å². The zero-order valence-electron chi connectivity index (χ0n) is 16.6. The molecule has 7 nitrogen and oxygen atoms in total. The first kappa shape index (κ1) is 18.1. The number of para-hydroxylation sites is 1. The number of carbonyl (C=O) groups excluding carboxylic acids is 1. The van der Waals surface area contributed by atoms with E-state index in [0.29, 0.717) is 30.7 Å². The summed E-state index contributed by atoms with van der Waals surface area (Å²) < 4.78 is 5.58. The number of carbonyl (C=O) groups is 1. The van der Waals surface area contributed by atoms with Gasteiger partial charge in [-0.15, -0.1) is 0 Å². The SMILES string of the molecule is CNc1cc(-c2noc(C3CN(C(=O)C4CCCCC4)C3)n2)c2ccccc2n1. The molecule has 2 aromatic heterocycles. The molecule has 0 spiro atoms. The number of benzene rings is 1. The summed E-state index contributed by atoms with van der Waals surface area (Å²) in [5, 5.41) is 8.31. The molecule has 5 rings (SSSR count). The molecule has 7 heteroatoms. The highest BCUT2D eigenvalue weighted by Crippen LogP contribution is 2.34. The summed E-state index contributed by atoms with van der Waals surface area (Å²) in [4.78, 5) is 23.8. The summed E-state index contributed by atoms with van der Waals surface area (Å²) in [6.45, 7) is 1.35. The van der Waals surface area contributed by atoms with E-state index < -0.39 is 0 Å². The molecule has 1 aliphatic carbocycles. The van der Waals surface area contributed by atoms with Crippen molar-refractivity contribution < 1.29 is 9.32 Å². The molecule has 1 aliphatic heterocycles. The number of amides is 1. The lowest BCUT2D eigenvalue weighted by molar-refractivity contribution is -0.141. The van der Waals surface area contributed by atoms with E-state index in [4.69, 9.17) is 4.52 Å². The monoisotopic (exact) mass is 391 g/mol. The van der Waals surface area contributed by atoms with E-state index >= 15 is 0 Å². The lowest BCUT2D eigenvalue weighted by Gasteiger charge is -2.39. The van der Waals surface area contributed by atoms with Crippen molar-refractivity contribution in [1.29, 1.82) is 0 Å². The molecule has 1 N–H and O–H groups in total. The van der Waals surface area contributed by atoms with Gasteiger partial charge in [-0.3, -0.25) is 4.79 Å². The van der Waals surface area contributed by atoms with E-state index in [0.717, 1.165) is 35.1 Å². The number of nitrogens with one attached hydrogen (secondary N) is 1. The lowest BCUT2D eigenvalue weighted by Crippen LogP contribution is -2.51. The summed E-state index contributed by atoms with van der Waals surface area (Å²) in [6, 6.07) is 9.87. The molecule has 150 valence electrons. The zero-order chi connectivity index (χ0) is 19.8. The standard InChI is InChI=1S/C22H25N5O2/c1-23-19-11-17(16-9-5-6-10-18(16)24-19)20-25-21(29-26-20)15-12-27(13-15)22(28)14-7-3-2-4-8-14/h5-6,9-11,14-15H,2-4,7-8,12-13H2,1H3,(H,23,24). The molecule has 0 bridgehead atoms. The van der Waals surface area contributed by atoms with Crippen LogP contribution in [-0.2, 0) is 4.79 Å². The van der Waals surface area contributed by atoms with Crippen LogP contribution in [-0.4, -0.2) is 46.1 Å². The van der Waals surface area contributed by atoms with Crippen LogP contribution in [0.25, 0.3) is 22.3 Å². The highest BCUT2D eigenvalue weighted by molar-refractivity contribution is 5.94. The Labute approximate surface area is 169 Å². The van der Waals surface area contributed by atoms with Crippen molar-refractivity contribution in [2.24, 2.45) is 5.92 Å². The topological polar surface area (TPSA) is 84.2 Å². The second-order valence-corrected chi connectivity index (χ2v) is 8.05. The molecule has 2 fully saturated rings. The molecule has 1 aromatic carbocycles. The van der Waals surface area contributed by atoms with Gasteiger partial charge in [0.2, 0.25) is 17.6 Å². The number of likely N-dealkylation sites (tertiary alicyclic amines) is 1. The number of anilines is 1. The van der Waals surface area contributed by atoms with Gasteiger partial charge in [0.25, 0.3) is 0 Å². The molecular weight excluding hydrogens is 366 g/mol. The van der Waals surface area contributed by atoms with E-state index in [9.17, 15) is 4.79 Å². The molecule has 3 heterocycles. The van der Waals surface area contributed by atoms with Crippen LogP contribution in [0.5, 0.6) is 0 Å². The van der Waals surface area contributed by atoms with Crippen LogP contribution in [0.4, 0.5) is 5.82 Å². The summed E-state index contributed by atoms with van der Waals surface area (Å²) in [5.41, 5.74) is 1.78. The molecular formula is C22H25N5O2. The van der Waals surface area contributed by atoms with Crippen LogP contribution < -0.4 is 5.32 Å². The van der Waals surface area contributed by atoms with Gasteiger partial charge >= 0.3 is 0 Å². The summed E-state index contributed by atoms with van der Waals surface area (Å²) in [6.07, 6.45) is 5.68. The Morgan fingerprint density at radius 3 is 2.72 bits per heavy atom. The highest BCUT2D eigenvalue weighted by Gasteiger charge is 2.38. The maximum atomic E-state index is 12.6. The lowest BCUT2D eigenvalue weighted by atomic mass is 9.86. The van der Waals surface area contributed by atoms with Crippen LogP contribution in [0.1, 0.15) is 43.9 Å². The first-order chi connectivity index (χ1) is 14.2. The van der Waals surface area contributed by atoms with Crippen LogP contribution in [0.15, 0.2) is 34.9 Å². The van der Waals surface area contributed by atoms with Gasteiger partial charge in [0.05, 0.1) is 11.4 Å². The normalized spacial score (nSPS) is 18.0. The summed E-state index contributed by atoms with van der Waals surface area (Å²) in [5.74, 6) is 2.58. The van der Waals surface area contributed by atoms with Crippen molar-refractivity contribution in [3.63, 3.8) is 0 Å². The second-order valence-electron chi connectivity index (χ2n) is 8.05. The zero-order valence-corrected chi connectivity index (χ0v) is 16.6. The predicted octanol–water partition coefficient (Wildman–Crippen LogP) is 3.83. The quantitative estimate of drug-likeness (QED) is 0.728. The smallest absolute Gasteiger partial charge is 0.233 e. The minimum atomic E-state index is 0.126.